The zero-order valence-electron chi connectivity index (χ0n) is 14.0. The monoisotopic (exact) mass is 312 g/mol. The van der Waals surface area contributed by atoms with Crippen LogP contribution in [0.4, 0.5) is 0 Å². The molecular weight excluding hydrogens is 288 g/mol. The van der Waals surface area contributed by atoms with Gasteiger partial charge in [-0.25, -0.2) is 9.97 Å². The molecule has 1 N–H and O–H groups in total. The molecule has 23 heavy (non-hydrogen) atoms. The number of carbonyl (C=O) groups excluding carboxylic acids is 1. The van der Waals surface area contributed by atoms with Gasteiger partial charge in [0.2, 0.25) is 0 Å². The number of nitrogens with zero attached hydrogens (tertiary/aromatic N) is 3. The van der Waals surface area contributed by atoms with E-state index >= 15 is 0 Å². The summed E-state index contributed by atoms with van der Waals surface area (Å²) in [4.78, 5) is 23.0. The van der Waals surface area contributed by atoms with Gasteiger partial charge in [0.25, 0.3) is 5.91 Å². The molecule has 5 nitrogen and oxygen atoms in total. The summed E-state index contributed by atoms with van der Waals surface area (Å²) in [5.41, 5.74) is 1.60. The molecule has 0 spiro atoms. The van der Waals surface area contributed by atoms with Crippen molar-refractivity contribution < 1.29 is 4.79 Å². The van der Waals surface area contributed by atoms with Crippen molar-refractivity contribution in [2.45, 2.75) is 25.8 Å². The van der Waals surface area contributed by atoms with E-state index in [4.69, 9.17) is 0 Å². The van der Waals surface area contributed by atoms with Gasteiger partial charge in [0.1, 0.15) is 5.82 Å². The first-order valence-corrected chi connectivity index (χ1v) is 7.91. The molecule has 1 aromatic carbocycles. The highest BCUT2D eigenvalue weighted by atomic mass is 16.1. The van der Waals surface area contributed by atoms with E-state index in [-0.39, 0.29) is 11.9 Å². The molecule has 2 aromatic rings. The van der Waals surface area contributed by atoms with E-state index in [9.17, 15) is 4.79 Å². The molecule has 0 saturated carbocycles. The number of nitrogens with one attached hydrogen (secondary N) is 1. The molecule has 0 aliphatic rings. The zero-order chi connectivity index (χ0) is 16.7. The van der Waals surface area contributed by atoms with E-state index in [1.54, 1.807) is 12.4 Å². The highest BCUT2D eigenvalue weighted by Gasteiger charge is 2.16. The number of hydrogen-bond donors (Lipinski definition) is 1. The zero-order valence-corrected chi connectivity index (χ0v) is 14.0. The van der Waals surface area contributed by atoms with Crippen LogP contribution in [-0.2, 0) is 6.42 Å². The Morgan fingerprint density at radius 3 is 2.39 bits per heavy atom. The second kappa shape index (κ2) is 8.39. The summed E-state index contributed by atoms with van der Waals surface area (Å²) in [6.45, 7) is 2.88. The van der Waals surface area contributed by atoms with Gasteiger partial charge in [0.15, 0.2) is 0 Å². The Labute approximate surface area is 137 Å². The van der Waals surface area contributed by atoms with Crippen molar-refractivity contribution in [3.8, 4) is 0 Å². The largest absolute Gasteiger partial charge is 0.345 e. The summed E-state index contributed by atoms with van der Waals surface area (Å²) in [7, 11) is 4.06. The van der Waals surface area contributed by atoms with Gasteiger partial charge in [-0.2, -0.15) is 0 Å². The lowest BCUT2D eigenvalue weighted by atomic mass is 10.0. The topological polar surface area (TPSA) is 58.1 Å². The van der Waals surface area contributed by atoms with Gasteiger partial charge in [0.05, 0.1) is 11.6 Å². The molecule has 0 bridgehead atoms. The van der Waals surface area contributed by atoms with Crippen LogP contribution in [0.25, 0.3) is 0 Å². The number of carbonyl (C=O) groups is 1. The van der Waals surface area contributed by atoms with E-state index in [1.165, 1.54) is 0 Å². The third-order valence-electron chi connectivity index (χ3n) is 3.66. The fourth-order valence-electron chi connectivity index (χ4n) is 2.29. The molecule has 0 radical (unpaired) electrons. The van der Waals surface area contributed by atoms with E-state index in [0.29, 0.717) is 5.56 Å². The number of amides is 1. The third kappa shape index (κ3) is 5.14. The first-order chi connectivity index (χ1) is 11.1. The molecule has 5 heteroatoms. The van der Waals surface area contributed by atoms with E-state index in [0.717, 1.165) is 30.8 Å². The predicted molar refractivity (Wildman–Crippen MR) is 91.2 cm³/mol. The summed E-state index contributed by atoms with van der Waals surface area (Å²) < 4.78 is 0. The number of hydrogen-bond acceptors (Lipinski definition) is 4. The lowest BCUT2D eigenvalue weighted by molar-refractivity contribution is 0.0932. The van der Waals surface area contributed by atoms with Gasteiger partial charge in [-0.05, 0) is 32.6 Å². The predicted octanol–water partition coefficient (Wildman–Crippen LogP) is 2.46. The van der Waals surface area contributed by atoms with Crippen molar-refractivity contribution in [2.24, 2.45) is 0 Å². The van der Waals surface area contributed by atoms with Crippen LogP contribution in [0, 0.1) is 0 Å². The standard InChI is InChI=1S/C18H24N4O/c1-4-17-19-12-15(13-20-17)18(23)21-16(10-11-22(2)3)14-8-6-5-7-9-14/h5-9,12-13,16H,4,10-11H2,1-3H3,(H,21,23)/t16-/m1/s1. The number of aryl methyl sites for hydroxylation is 1. The number of rotatable bonds is 7. The van der Waals surface area contributed by atoms with Crippen LogP contribution < -0.4 is 5.32 Å². The van der Waals surface area contributed by atoms with Crippen molar-refractivity contribution in [3.05, 3.63) is 59.7 Å². The molecule has 1 heterocycles. The van der Waals surface area contributed by atoms with Gasteiger partial charge in [0, 0.05) is 18.8 Å². The highest BCUT2D eigenvalue weighted by Crippen LogP contribution is 2.17. The van der Waals surface area contributed by atoms with Crippen molar-refractivity contribution >= 4 is 5.91 Å². The fourth-order valence-corrected chi connectivity index (χ4v) is 2.29. The van der Waals surface area contributed by atoms with E-state index in [1.807, 2.05) is 51.4 Å². The molecular formula is C18H24N4O. The van der Waals surface area contributed by atoms with E-state index < -0.39 is 0 Å². The molecule has 1 atom stereocenters. The molecule has 0 saturated heterocycles. The quantitative estimate of drug-likeness (QED) is 0.853. The van der Waals surface area contributed by atoms with Crippen LogP contribution in [0.2, 0.25) is 0 Å². The maximum Gasteiger partial charge on any atom is 0.254 e. The summed E-state index contributed by atoms with van der Waals surface area (Å²) in [6, 6.07) is 10.0. The summed E-state index contributed by atoms with van der Waals surface area (Å²) in [6.07, 6.45) is 4.79. The minimum absolute atomic E-state index is 0.0306. The van der Waals surface area contributed by atoms with Crippen molar-refractivity contribution in [1.82, 2.24) is 20.2 Å². The molecule has 0 unspecified atom stereocenters. The summed E-state index contributed by atoms with van der Waals surface area (Å²) >= 11 is 0. The molecule has 2 rings (SSSR count). The Balaban J connectivity index is 2.10. The SMILES string of the molecule is CCc1ncc(C(=O)N[C@H](CCN(C)C)c2ccccc2)cn1. The Morgan fingerprint density at radius 2 is 1.83 bits per heavy atom. The third-order valence-corrected chi connectivity index (χ3v) is 3.66. The molecule has 0 fully saturated rings. The van der Waals surface area contributed by atoms with Crippen LogP contribution in [0.3, 0.4) is 0 Å². The van der Waals surface area contributed by atoms with Crippen molar-refractivity contribution in [3.63, 3.8) is 0 Å². The molecule has 122 valence electrons. The smallest absolute Gasteiger partial charge is 0.254 e. The van der Waals surface area contributed by atoms with Gasteiger partial charge >= 0.3 is 0 Å². The Morgan fingerprint density at radius 1 is 1.17 bits per heavy atom. The molecule has 1 amide bonds. The number of aromatic nitrogens is 2. The Bertz CT molecular complexity index is 611. The molecule has 0 aliphatic carbocycles. The van der Waals surface area contributed by atoms with E-state index in [2.05, 4.69) is 20.2 Å². The second-order valence-electron chi connectivity index (χ2n) is 5.77. The average molecular weight is 312 g/mol. The molecule has 0 aliphatic heterocycles. The van der Waals surface area contributed by atoms with Crippen LogP contribution in [0.15, 0.2) is 42.7 Å². The lowest BCUT2D eigenvalue weighted by Gasteiger charge is -2.21. The fraction of sp³-hybridized carbons (Fsp3) is 0.389. The van der Waals surface area contributed by atoms with Gasteiger partial charge in [-0.1, -0.05) is 37.3 Å². The van der Waals surface area contributed by atoms with Crippen LogP contribution in [0.5, 0.6) is 0 Å². The second-order valence-corrected chi connectivity index (χ2v) is 5.77. The van der Waals surface area contributed by atoms with Gasteiger partial charge < -0.3 is 10.2 Å². The maximum atomic E-state index is 12.5. The van der Waals surface area contributed by atoms with Crippen LogP contribution in [0.1, 0.15) is 41.1 Å². The minimum atomic E-state index is -0.139. The van der Waals surface area contributed by atoms with Crippen LogP contribution >= 0.6 is 0 Å². The summed E-state index contributed by atoms with van der Waals surface area (Å²) in [5.74, 6) is 0.606. The molecule has 1 aromatic heterocycles. The first-order valence-electron chi connectivity index (χ1n) is 7.91. The normalized spacial score (nSPS) is 12.2. The van der Waals surface area contributed by atoms with Crippen LogP contribution in [-0.4, -0.2) is 41.4 Å². The Hall–Kier alpha value is -2.27. The highest BCUT2D eigenvalue weighted by molar-refractivity contribution is 5.93. The van der Waals surface area contributed by atoms with Crippen molar-refractivity contribution in [2.75, 3.05) is 20.6 Å². The lowest BCUT2D eigenvalue weighted by Crippen LogP contribution is -2.31. The Kier molecular flexibility index (Phi) is 6.23. The van der Waals surface area contributed by atoms with Gasteiger partial charge in [-0.3, -0.25) is 4.79 Å². The van der Waals surface area contributed by atoms with Gasteiger partial charge in [-0.15, -0.1) is 0 Å². The maximum absolute atomic E-state index is 12.5. The minimum Gasteiger partial charge on any atom is -0.345 e. The summed E-state index contributed by atoms with van der Waals surface area (Å²) in [5, 5.41) is 3.10. The average Bonchev–Trinajstić information content (AvgIpc) is 2.59. The number of benzene rings is 1. The first kappa shape index (κ1) is 17.1. The van der Waals surface area contributed by atoms with Crippen molar-refractivity contribution in [1.29, 1.82) is 0 Å².